The molecule has 1 aromatic heterocycles. The van der Waals surface area contributed by atoms with E-state index in [1.165, 1.54) is 62.2 Å². The molecule has 0 saturated carbocycles. The van der Waals surface area contributed by atoms with Gasteiger partial charge in [0.2, 0.25) is 5.16 Å². The van der Waals surface area contributed by atoms with Crippen LogP contribution in [-0.2, 0) is 0 Å². The molecular formula is C11H20N2S3. The van der Waals surface area contributed by atoms with Crippen LogP contribution in [0.5, 0.6) is 0 Å². The number of rotatable bonds is 10. The van der Waals surface area contributed by atoms with E-state index in [2.05, 4.69) is 16.3 Å². The monoisotopic (exact) mass is 276 g/mol. The first-order valence-corrected chi connectivity index (χ1v) is 9.15. The summed E-state index contributed by atoms with van der Waals surface area (Å²) in [5.41, 5.74) is 1.79. The minimum atomic E-state index is 0.915. The van der Waals surface area contributed by atoms with Gasteiger partial charge >= 0.3 is 0 Å². The van der Waals surface area contributed by atoms with E-state index in [-0.39, 0.29) is 0 Å². The Morgan fingerprint density at radius 1 is 1.12 bits per heavy atom. The molecule has 0 aliphatic rings. The van der Waals surface area contributed by atoms with Gasteiger partial charge in [0.25, 0.3) is 0 Å². The minimum absolute atomic E-state index is 0.915. The van der Waals surface area contributed by atoms with Crippen LogP contribution in [0.1, 0.15) is 51.9 Å². The third-order valence-corrected chi connectivity index (χ3v) is 5.12. The zero-order chi connectivity index (χ0) is 11.5. The van der Waals surface area contributed by atoms with Crippen molar-refractivity contribution in [1.29, 1.82) is 0 Å². The molecule has 2 nitrogen and oxygen atoms in total. The maximum absolute atomic E-state index is 4.16. The first-order chi connectivity index (χ1) is 7.93. The lowest BCUT2D eigenvalue weighted by atomic mass is 10.1. The zero-order valence-corrected chi connectivity index (χ0v) is 12.3. The van der Waals surface area contributed by atoms with Crippen molar-refractivity contribution in [1.82, 2.24) is 9.36 Å². The Kier molecular flexibility index (Phi) is 9.32. The van der Waals surface area contributed by atoms with E-state index in [0.29, 0.717) is 0 Å². The van der Waals surface area contributed by atoms with Crippen LogP contribution in [0.25, 0.3) is 0 Å². The summed E-state index contributed by atoms with van der Waals surface area (Å²) in [6.45, 7) is 2.26. The Morgan fingerprint density at radius 2 is 1.88 bits per heavy atom. The van der Waals surface area contributed by atoms with Gasteiger partial charge in [-0.25, -0.2) is 4.98 Å². The molecular weight excluding hydrogens is 256 g/mol. The van der Waals surface area contributed by atoms with E-state index in [0.717, 1.165) is 5.16 Å². The highest BCUT2D eigenvalue weighted by Crippen LogP contribution is 2.29. The van der Waals surface area contributed by atoms with E-state index >= 15 is 0 Å². The molecule has 0 N–H and O–H groups in total. The summed E-state index contributed by atoms with van der Waals surface area (Å²) in [5.74, 6) is 1.22. The summed E-state index contributed by atoms with van der Waals surface area (Å²) < 4.78 is 4.16. The quantitative estimate of drug-likeness (QED) is 0.442. The highest BCUT2D eigenvalue weighted by atomic mass is 33.1. The summed E-state index contributed by atoms with van der Waals surface area (Å²) in [7, 11) is 3.58. The number of hydrogen-bond acceptors (Lipinski definition) is 5. The molecule has 1 heterocycles. The molecule has 0 aliphatic heterocycles. The van der Waals surface area contributed by atoms with Gasteiger partial charge in [0.15, 0.2) is 0 Å². The second kappa shape index (κ2) is 10.4. The van der Waals surface area contributed by atoms with Gasteiger partial charge in [0.05, 0.1) is 0 Å². The van der Waals surface area contributed by atoms with Crippen LogP contribution in [0, 0.1) is 0 Å². The second-order valence-corrected chi connectivity index (χ2v) is 6.73. The van der Waals surface area contributed by atoms with Crippen LogP contribution in [0.2, 0.25) is 0 Å². The van der Waals surface area contributed by atoms with Gasteiger partial charge in [0, 0.05) is 5.75 Å². The van der Waals surface area contributed by atoms with E-state index in [9.17, 15) is 0 Å². The molecule has 0 saturated heterocycles. The fraction of sp³-hybridized carbons (Fsp3) is 0.818. The SMILES string of the molecule is CCCCCCCCCSSc1ncsn1. The first-order valence-electron chi connectivity index (χ1n) is 5.99. The van der Waals surface area contributed by atoms with Gasteiger partial charge in [-0.1, -0.05) is 56.2 Å². The fourth-order valence-corrected chi connectivity index (χ4v) is 3.99. The summed E-state index contributed by atoms with van der Waals surface area (Å²) >= 11 is 1.42. The molecule has 92 valence electrons. The normalized spacial score (nSPS) is 10.8. The molecule has 1 rings (SSSR count). The lowest BCUT2D eigenvalue weighted by molar-refractivity contribution is 0.604. The topological polar surface area (TPSA) is 25.8 Å². The van der Waals surface area contributed by atoms with Crippen LogP contribution in [0.3, 0.4) is 0 Å². The molecule has 0 fully saturated rings. The molecule has 0 amide bonds. The molecule has 0 bridgehead atoms. The number of nitrogens with zero attached hydrogens (tertiary/aromatic N) is 2. The van der Waals surface area contributed by atoms with E-state index < -0.39 is 0 Å². The number of hydrogen-bond donors (Lipinski definition) is 0. The number of unbranched alkanes of at least 4 members (excludes halogenated alkanes) is 6. The largest absolute Gasteiger partial charge is 0.217 e. The van der Waals surface area contributed by atoms with Crippen molar-refractivity contribution in [3.63, 3.8) is 0 Å². The van der Waals surface area contributed by atoms with Crippen LogP contribution in [0.4, 0.5) is 0 Å². The average molecular weight is 276 g/mol. The highest BCUT2D eigenvalue weighted by Gasteiger charge is 1.98. The van der Waals surface area contributed by atoms with Crippen molar-refractivity contribution in [2.45, 2.75) is 57.0 Å². The molecule has 0 atom stereocenters. The van der Waals surface area contributed by atoms with Crippen molar-refractivity contribution in [3.05, 3.63) is 5.51 Å². The van der Waals surface area contributed by atoms with Crippen molar-refractivity contribution in [3.8, 4) is 0 Å². The van der Waals surface area contributed by atoms with Crippen molar-refractivity contribution >= 4 is 33.1 Å². The molecule has 1 aromatic rings. The smallest absolute Gasteiger partial charge is 0.210 e. The van der Waals surface area contributed by atoms with Gasteiger partial charge in [-0.3, -0.25) is 0 Å². The Hall–Kier alpha value is 0.260. The Labute approximate surface area is 111 Å². The lowest BCUT2D eigenvalue weighted by Crippen LogP contribution is -1.81. The van der Waals surface area contributed by atoms with Gasteiger partial charge in [-0.05, 0) is 28.7 Å². The van der Waals surface area contributed by atoms with Crippen LogP contribution in [-0.4, -0.2) is 15.1 Å². The van der Waals surface area contributed by atoms with Crippen molar-refractivity contribution < 1.29 is 0 Å². The lowest BCUT2D eigenvalue weighted by Gasteiger charge is -2.00. The average Bonchev–Trinajstić information content (AvgIpc) is 2.80. The van der Waals surface area contributed by atoms with Crippen molar-refractivity contribution in [2.24, 2.45) is 0 Å². The van der Waals surface area contributed by atoms with Crippen LogP contribution >= 0.6 is 33.1 Å². The molecule has 0 spiro atoms. The standard InChI is InChI=1S/C11H20N2S3/c1-2-3-4-5-6-7-8-9-15-16-11-12-10-14-13-11/h10H,2-9H2,1H3. The fourth-order valence-electron chi connectivity index (χ4n) is 1.41. The maximum atomic E-state index is 4.16. The van der Waals surface area contributed by atoms with E-state index in [1.807, 2.05) is 10.8 Å². The Balaban J connectivity index is 1.78. The van der Waals surface area contributed by atoms with E-state index in [4.69, 9.17) is 0 Å². The molecule has 0 radical (unpaired) electrons. The van der Waals surface area contributed by atoms with Gasteiger partial charge in [-0.2, -0.15) is 4.37 Å². The predicted octanol–water partition coefficient (Wildman–Crippen LogP) is 5.03. The van der Waals surface area contributed by atoms with Gasteiger partial charge in [0.1, 0.15) is 5.51 Å². The first kappa shape index (κ1) is 14.3. The third-order valence-electron chi connectivity index (χ3n) is 2.31. The third kappa shape index (κ3) is 7.52. The van der Waals surface area contributed by atoms with Gasteiger partial charge in [-0.15, -0.1) is 0 Å². The Morgan fingerprint density at radius 3 is 2.56 bits per heavy atom. The zero-order valence-electron chi connectivity index (χ0n) is 9.85. The van der Waals surface area contributed by atoms with Gasteiger partial charge < -0.3 is 0 Å². The summed E-state index contributed by atoms with van der Waals surface area (Å²) in [5, 5.41) is 0.915. The molecule has 0 unspecified atom stereocenters. The predicted molar refractivity (Wildman–Crippen MR) is 76.2 cm³/mol. The van der Waals surface area contributed by atoms with Crippen LogP contribution in [0.15, 0.2) is 10.7 Å². The molecule has 16 heavy (non-hydrogen) atoms. The summed E-state index contributed by atoms with van der Waals surface area (Å²) in [4.78, 5) is 4.13. The Bertz CT molecular complexity index is 239. The number of aromatic nitrogens is 2. The minimum Gasteiger partial charge on any atom is -0.217 e. The highest BCUT2D eigenvalue weighted by molar-refractivity contribution is 8.76. The molecule has 0 aromatic carbocycles. The second-order valence-electron chi connectivity index (χ2n) is 3.74. The van der Waals surface area contributed by atoms with Crippen LogP contribution < -0.4 is 0 Å². The maximum Gasteiger partial charge on any atom is 0.210 e. The summed E-state index contributed by atoms with van der Waals surface area (Å²) in [6, 6.07) is 0. The molecule has 0 aliphatic carbocycles. The summed E-state index contributed by atoms with van der Waals surface area (Å²) in [6.07, 6.45) is 9.68. The van der Waals surface area contributed by atoms with E-state index in [1.54, 1.807) is 16.3 Å². The molecule has 5 heteroatoms. The van der Waals surface area contributed by atoms with Crippen molar-refractivity contribution in [2.75, 3.05) is 5.75 Å².